The van der Waals surface area contributed by atoms with Gasteiger partial charge in [0.15, 0.2) is 31.3 Å². The first-order valence-electron chi connectivity index (χ1n) is 25.8. The van der Waals surface area contributed by atoms with E-state index < -0.39 is 51.7 Å². The quantitative estimate of drug-likeness (QED) is 0.141. The molecule has 2 unspecified atom stereocenters. The number of aliphatic hydroxyl groups excluding tert-OH is 1. The molecule has 0 radical (unpaired) electrons. The zero-order valence-electron chi connectivity index (χ0n) is 41.7. The number of hydrazine groups is 1. The number of morpholine rings is 2. The van der Waals surface area contributed by atoms with E-state index in [4.69, 9.17) is 38.9 Å². The Morgan fingerprint density at radius 3 is 1.43 bits per heavy atom. The van der Waals surface area contributed by atoms with Crippen molar-refractivity contribution in [2.45, 2.75) is 103 Å². The zero-order chi connectivity index (χ0) is 51.4. The second kappa shape index (κ2) is 20.2. The first kappa shape index (κ1) is 50.6. The maximum Gasteiger partial charge on any atom is 0.341 e. The highest BCUT2D eigenvalue weighted by atomic mass is 32.2. The number of rotatable bonds is 15. The molecular formula is C51H64N10O11S2. The summed E-state index contributed by atoms with van der Waals surface area (Å²) in [6.45, 7) is 7.76. The van der Waals surface area contributed by atoms with Crippen LogP contribution in [0, 0.1) is 0 Å². The second-order valence-corrected chi connectivity index (χ2v) is 25.6. The highest BCUT2D eigenvalue weighted by Crippen LogP contribution is 2.56. The largest absolute Gasteiger partial charge is 0.395 e. The SMILES string of the molecule is C[C@H]1COCCN1c1cc(C2(S(=O)(=O)C3CCOC3)CC2)nc(-c2ccc(N(C(=O)NCCO)N(C(=O)NC3CC3)c3ccc(-c4nc(N5CCOC[C@@H]5C)cc(C5(S(=O)(=O)C6CCOC6)CC5)n4)cc3)cc2)n1. The third kappa shape index (κ3) is 9.46. The van der Waals surface area contributed by atoms with Crippen molar-refractivity contribution < 1.29 is 50.5 Å². The number of hydrogen-bond donors (Lipinski definition) is 3. The van der Waals surface area contributed by atoms with Crippen LogP contribution in [-0.2, 0) is 48.1 Å². The summed E-state index contributed by atoms with van der Waals surface area (Å²) in [5.41, 5.74) is 2.57. The minimum absolute atomic E-state index is 0.0304. The molecule has 4 aromatic rings. The Labute approximate surface area is 431 Å². The van der Waals surface area contributed by atoms with E-state index in [2.05, 4.69) is 20.4 Å². The van der Waals surface area contributed by atoms with Crippen LogP contribution in [0.1, 0.15) is 76.6 Å². The van der Waals surface area contributed by atoms with E-state index in [0.29, 0.717) is 143 Å². The molecule has 0 spiro atoms. The molecule has 11 rings (SSSR count). The number of hydrogen-bond acceptors (Lipinski definition) is 17. The molecule has 4 aliphatic heterocycles. The Bertz CT molecular complexity index is 2960. The molecule has 396 valence electrons. The molecule has 3 saturated carbocycles. The van der Waals surface area contributed by atoms with Gasteiger partial charge in [0.1, 0.15) is 21.1 Å². The van der Waals surface area contributed by atoms with Crippen LogP contribution in [0.5, 0.6) is 0 Å². The predicted octanol–water partition coefficient (Wildman–Crippen LogP) is 4.24. The molecule has 23 heteroatoms. The first-order chi connectivity index (χ1) is 35.7. The number of urea groups is 2. The predicted molar refractivity (Wildman–Crippen MR) is 275 cm³/mol. The van der Waals surface area contributed by atoms with E-state index in [-0.39, 0.29) is 50.2 Å². The zero-order valence-corrected chi connectivity index (χ0v) is 43.4. The number of nitrogens with zero attached hydrogens (tertiary/aromatic N) is 8. The third-order valence-electron chi connectivity index (χ3n) is 15.5. The van der Waals surface area contributed by atoms with Gasteiger partial charge in [0.25, 0.3) is 0 Å². The Balaban J connectivity index is 0.955. The normalized spacial score (nSPS) is 24.3. The van der Waals surface area contributed by atoms with Crippen LogP contribution in [0.4, 0.5) is 32.6 Å². The Morgan fingerprint density at radius 1 is 0.622 bits per heavy atom. The van der Waals surface area contributed by atoms with Gasteiger partial charge in [0.2, 0.25) is 0 Å². The summed E-state index contributed by atoms with van der Waals surface area (Å²) < 4.78 is 77.3. The van der Waals surface area contributed by atoms with Crippen LogP contribution in [-0.4, -0.2) is 162 Å². The van der Waals surface area contributed by atoms with Crippen molar-refractivity contribution in [3.63, 3.8) is 0 Å². The molecule has 4 atom stereocenters. The molecule has 3 N–H and O–H groups in total. The number of aromatic nitrogens is 4. The second-order valence-electron chi connectivity index (χ2n) is 20.6. The Hall–Kier alpha value is -5.56. The lowest BCUT2D eigenvalue weighted by molar-refractivity contribution is 0.0985. The highest BCUT2D eigenvalue weighted by Gasteiger charge is 2.61. The van der Waals surface area contributed by atoms with Crippen molar-refractivity contribution in [3.05, 3.63) is 72.1 Å². The fourth-order valence-corrected chi connectivity index (χ4v) is 15.4. The molecule has 74 heavy (non-hydrogen) atoms. The average Bonchev–Trinajstić information content (AvgIpc) is 4.39. The van der Waals surface area contributed by atoms with Gasteiger partial charge in [-0.05, 0) is 114 Å². The monoisotopic (exact) mass is 1060 g/mol. The van der Waals surface area contributed by atoms with Crippen molar-refractivity contribution in [2.75, 3.05) is 98.9 Å². The molecule has 3 aliphatic carbocycles. The summed E-state index contributed by atoms with van der Waals surface area (Å²) in [4.78, 5) is 53.1. The lowest BCUT2D eigenvalue weighted by Gasteiger charge is -2.35. The maximum atomic E-state index is 14.5. The van der Waals surface area contributed by atoms with Gasteiger partial charge in [-0.25, -0.2) is 46.4 Å². The molecule has 6 heterocycles. The number of carbonyl (C=O) groups is 2. The van der Waals surface area contributed by atoms with E-state index in [1.807, 2.05) is 26.0 Å². The molecule has 2 aromatic carbocycles. The van der Waals surface area contributed by atoms with Gasteiger partial charge in [-0.15, -0.1) is 0 Å². The lowest BCUT2D eigenvalue weighted by Crippen LogP contribution is -2.57. The van der Waals surface area contributed by atoms with Gasteiger partial charge >= 0.3 is 12.1 Å². The van der Waals surface area contributed by atoms with E-state index in [1.54, 1.807) is 48.5 Å². The van der Waals surface area contributed by atoms with Crippen LogP contribution in [0.3, 0.4) is 0 Å². The van der Waals surface area contributed by atoms with Crippen molar-refractivity contribution in [2.24, 2.45) is 0 Å². The molecular weight excluding hydrogens is 993 g/mol. The number of benzene rings is 2. The minimum atomic E-state index is -3.67. The van der Waals surface area contributed by atoms with Crippen molar-refractivity contribution in [1.29, 1.82) is 0 Å². The van der Waals surface area contributed by atoms with Gasteiger partial charge in [-0.1, -0.05) is 0 Å². The van der Waals surface area contributed by atoms with Crippen molar-refractivity contribution in [1.82, 2.24) is 30.6 Å². The molecule has 21 nitrogen and oxygen atoms in total. The van der Waals surface area contributed by atoms with E-state index in [0.717, 1.165) is 12.8 Å². The summed E-state index contributed by atoms with van der Waals surface area (Å²) in [7, 11) is -7.35. The van der Waals surface area contributed by atoms with Crippen molar-refractivity contribution in [3.8, 4) is 22.8 Å². The number of sulfone groups is 2. The number of carbonyl (C=O) groups excluding carboxylic acids is 2. The standard InChI is InChI=1S/C51H64N10O11S2/c1-33-29-71-25-20-58(33)44-27-42(50(15-16-50)73(65,66)40-13-23-69-31-40)54-46(56-44)35-3-9-38(10-4-35)60(48(63)52-19-22-62)61(49(64)53-37-7-8-37)39-11-5-36(6-12-39)47-55-43(28-45(57-47)59-21-26-72-30-34(59)2)51(17-18-51)74(67,68)41-14-24-70-32-41/h3-6,9-12,27-28,33-34,37,40-41,62H,7-8,13-26,29-32H2,1-2H3,(H,52,63)(H,53,64)/t33-,34-,40?,41?/m0/s1. The third-order valence-corrected chi connectivity index (χ3v) is 21.4. The number of aliphatic hydroxyl groups is 1. The number of nitrogens with one attached hydrogen (secondary N) is 2. The van der Waals surface area contributed by atoms with Crippen LogP contribution in [0.2, 0.25) is 0 Å². The highest BCUT2D eigenvalue weighted by molar-refractivity contribution is 7.93. The van der Waals surface area contributed by atoms with Gasteiger partial charge in [0, 0.05) is 62.1 Å². The summed E-state index contributed by atoms with van der Waals surface area (Å²) in [6.07, 6.45) is 4.17. The van der Waals surface area contributed by atoms with Gasteiger partial charge in [-0.3, -0.25) is 0 Å². The van der Waals surface area contributed by atoms with Crippen LogP contribution >= 0.6 is 0 Å². The van der Waals surface area contributed by atoms with Gasteiger partial charge in [-0.2, -0.15) is 10.0 Å². The summed E-state index contributed by atoms with van der Waals surface area (Å²) >= 11 is 0. The summed E-state index contributed by atoms with van der Waals surface area (Å²) in [5.74, 6) is 1.79. The van der Waals surface area contributed by atoms with Crippen LogP contribution < -0.4 is 30.5 Å². The minimum Gasteiger partial charge on any atom is -0.395 e. The van der Waals surface area contributed by atoms with Crippen molar-refractivity contribution >= 4 is 54.7 Å². The first-order valence-corrected chi connectivity index (χ1v) is 28.9. The lowest BCUT2D eigenvalue weighted by atomic mass is 10.1. The molecule has 2 aromatic heterocycles. The maximum absolute atomic E-state index is 14.5. The Morgan fingerprint density at radius 2 is 1.05 bits per heavy atom. The van der Waals surface area contributed by atoms with E-state index in [1.165, 1.54) is 10.0 Å². The fraction of sp³-hybridized carbons (Fsp3) is 0.569. The molecule has 4 amide bonds. The molecule has 7 fully saturated rings. The van der Waals surface area contributed by atoms with E-state index >= 15 is 0 Å². The summed E-state index contributed by atoms with van der Waals surface area (Å²) in [6, 6.07) is 15.8. The fourth-order valence-electron chi connectivity index (χ4n) is 10.6. The van der Waals surface area contributed by atoms with Crippen LogP contribution in [0.25, 0.3) is 22.8 Å². The smallest absolute Gasteiger partial charge is 0.341 e. The number of ether oxygens (including phenoxy) is 4. The van der Waals surface area contributed by atoms with Gasteiger partial charge in [0.05, 0.1) is 91.6 Å². The van der Waals surface area contributed by atoms with Gasteiger partial charge < -0.3 is 44.5 Å². The molecule has 0 bridgehead atoms. The summed E-state index contributed by atoms with van der Waals surface area (Å²) in [5, 5.41) is 16.8. The number of amides is 4. The topological polar surface area (TPSA) is 248 Å². The van der Waals surface area contributed by atoms with E-state index in [9.17, 15) is 31.5 Å². The molecule has 4 saturated heterocycles. The number of anilines is 4. The Kier molecular flexibility index (Phi) is 13.8. The average molecular weight is 1060 g/mol. The van der Waals surface area contributed by atoms with Crippen LogP contribution in [0.15, 0.2) is 60.7 Å². The molecule has 7 aliphatic rings.